The fourth-order valence-electron chi connectivity index (χ4n) is 2.99. The van der Waals surface area contributed by atoms with Crippen molar-refractivity contribution in [3.63, 3.8) is 0 Å². The third kappa shape index (κ3) is 7.87. The first-order chi connectivity index (χ1) is 13.7. The monoisotopic (exact) mass is 441 g/mol. The number of halogens is 1. The maximum atomic E-state index is 13.1. The van der Waals surface area contributed by atoms with E-state index in [1.807, 2.05) is 12.1 Å². The predicted molar refractivity (Wildman–Crippen MR) is 113 cm³/mol. The van der Waals surface area contributed by atoms with E-state index in [0.29, 0.717) is 25.2 Å². The second-order valence-electron chi connectivity index (χ2n) is 7.50. The lowest BCUT2D eigenvalue weighted by Crippen LogP contribution is -2.28. The highest BCUT2D eigenvalue weighted by Crippen LogP contribution is 2.30. The van der Waals surface area contributed by atoms with Crippen LogP contribution in [0.3, 0.4) is 0 Å². The van der Waals surface area contributed by atoms with Crippen LogP contribution in [-0.4, -0.2) is 19.5 Å². The highest BCUT2D eigenvalue weighted by atomic mass is 32.2. The van der Waals surface area contributed by atoms with Gasteiger partial charge in [-0.1, -0.05) is 26.7 Å². The molecule has 0 spiro atoms. The summed E-state index contributed by atoms with van der Waals surface area (Å²) >= 11 is 1.51. The molecule has 0 radical (unpaired) electrons. The summed E-state index contributed by atoms with van der Waals surface area (Å²) in [5.74, 6) is -0.777. The van der Waals surface area contributed by atoms with Crippen molar-refractivity contribution >= 4 is 27.3 Å². The van der Waals surface area contributed by atoms with Gasteiger partial charge in [-0.05, 0) is 61.6 Å². The van der Waals surface area contributed by atoms with Gasteiger partial charge in [-0.15, -0.1) is 11.3 Å². The number of sulfonamides is 1. The average molecular weight is 442 g/mol. The summed E-state index contributed by atoms with van der Waals surface area (Å²) in [4.78, 5) is 12.7. The van der Waals surface area contributed by atoms with Crippen LogP contribution in [0.2, 0.25) is 0 Å². The van der Waals surface area contributed by atoms with Crippen LogP contribution >= 0.6 is 11.3 Å². The maximum absolute atomic E-state index is 13.1. The molecule has 0 aliphatic carbocycles. The minimum Gasteiger partial charge on any atom is -0.481 e. The summed E-state index contributed by atoms with van der Waals surface area (Å²) in [5.41, 5.74) is 0. The van der Waals surface area contributed by atoms with E-state index in [1.54, 1.807) is 0 Å². The quantitative estimate of drug-likeness (QED) is 0.478. The van der Waals surface area contributed by atoms with Gasteiger partial charge in [0.1, 0.15) is 5.82 Å². The Labute approximate surface area is 176 Å². The Hall–Kier alpha value is -1.77. The third-order valence-electron chi connectivity index (χ3n) is 4.54. The predicted octanol–water partition coefficient (Wildman–Crippen LogP) is 5.14. The van der Waals surface area contributed by atoms with Crippen LogP contribution in [0.5, 0.6) is 0 Å². The minimum atomic E-state index is -3.78. The van der Waals surface area contributed by atoms with Gasteiger partial charge >= 0.3 is 5.97 Å². The number of carboxylic acid groups (broad SMARTS) is 1. The van der Waals surface area contributed by atoms with Crippen molar-refractivity contribution in [3.8, 4) is 0 Å². The third-order valence-corrected chi connectivity index (χ3v) is 7.28. The molecule has 2 rings (SSSR count). The molecule has 160 valence electrons. The Morgan fingerprint density at radius 1 is 1.10 bits per heavy atom. The maximum Gasteiger partial charge on any atom is 0.303 e. The van der Waals surface area contributed by atoms with Gasteiger partial charge in [-0.25, -0.2) is 17.5 Å². The number of thiophene rings is 1. The Balaban J connectivity index is 2.15. The second kappa shape index (κ2) is 10.8. The number of hydrogen-bond acceptors (Lipinski definition) is 4. The van der Waals surface area contributed by atoms with Crippen LogP contribution in [-0.2, 0) is 21.2 Å². The van der Waals surface area contributed by atoms with Gasteiger partial charge in [0.2, 0.25) is 10.0 Å². The van der Waals surface area contributed by atoms with Crippen molar-refractivity contribution in [1.82, 2.24) is 4.72 Å². The normalized spacial score (nSPS) is 13.0. The molecule has 0 aliphatic heterocycles. The number of rotatable bonds is 12. The number of benzene rings is 1. The Morgan fingerprint density at radius 3 is 2.41 bits per heavy atom. The summed E-state index contributed by atoms with van der Waals surface area (Å²) in [6, 6.07) is 8.25. The van der Waals surface area contributed by atoms with Gasteiger partial charge < -0.3 is 5.11 Å². The number of aryl methyl sites for hydroxylation is 1. The molecule has 1 heterocycles. The first kappa shape index (κ1) is 23.5. The first-order valence-corrected chi connectivity index (χ1v) is 12.1. The van der Waals surface area contributed by atoms with E-state index in [2.05, 4.69) is 18.6 Å². The van der Waals surface area contributed by atoms with Crippen LogP contribution in [0.25, 0.3) is 0 Å². The molecular formula is C21H28FNO4S2. The van der Waals surface area contributed by atoms with E-state index >= 15 is 0 Å². The standard InChI is InChI=1S/C21H28FNO4S2/c1-15(2)5-3-7-19(20-14-11-17(28-20)6-4-8-21(24)25)23-29(26,27)18-12-9-16(22)10-13-18/h9-15,19,23H,3-8H2,1-2H3,(H,24,25). The van der Waals surface area contributed by atoms with Crippen molar-refractivity contribution in [2.75, 3.05) is 0 Å². The molecule has 1 unspecified atom stereocenters. The lowest BCUT2D eigenvalue weighted by molar-refractivity contribution is -0.137. The first-order valence-electron chi connectivity index (χ1n) is 9.75. The molecule has 1 atom stereocenters. The molecule has 1 aromatic carbocycles. The summed E-state index contributed by atoms with van der Waals surface area (Å²) in [5, 5.41) is 8.78. The van der Waals surface area contributed by atoms with Crippen LogP contribution in [0.4, 0.5) is 4.39 Å². The Kier molecular flexibility index (Phi) is 8.79. The molecule has 29 heavy (non-hydrogen) atoms. The molecule has 0 bridgehead atoms. The lowest BCUT2D eigenvalue weighted by atomic mass is 10.0. The zero-order valence-corrected chi connectivity index (χ0v) is 18.4. The fraction of sp³-hybridized carbons (Fsp3) is 0.476. The lowest BCUT2D eigenvalue weighted by Gasteiger charge is -2.18. The van der Waals surface area contributed by atoms with Crippen LogP contribution in [0.1, 0.15) is 61.7 Å². The molecule has 0 amide bonds. The molecule has 0 saturated carbocycles. The van der Waals surface area contributed by atoms with Gasteiger partial charge in [0, 0.05) is 16.2 Å². The SMILES string of the molecule is CC(C)CCCC(NS(=O)(=O)c1ccc(F)cc1)c1ccc(CCCC(=O)O)s1. The molecule has 8 heteroatoms. The minimum absolute atomic E-state index is 0.0333. The van der Waals surface area contributed by atoms with E-state index in [1.165, 1.54) is 23.5 Å². The van der Waals surface area contributed by atoms with Gasteiger partial charge in [0.25, 0.3) is 0 Å². The summed E-state index contributed by atoms with van der Waals surface area (Å²) < 4.78 is 41.5. The highest BCUT2D eigenvalue weighted by molar-refractivity contribution is 7.89. The molecule has 5 nitrogen and oxygen atoms in total. The Bertz CT molecular complexity index is 892. The van der Waals surface area contributed by atoms with E-state index in [0.717, 1.165) is 34.7 Å². The number of aliphatic carboxylic acids is 1. The summed E-state index contributed by atoms with van der Waals surface area (Å²) in [6.07, 6.45) is 3.84. The smallest absolute Gasteiger partial charge is 0.303 e. The summed E-state index contributed by atoms with van der Waals surface area (Å²) in [6.45, 7) is 4.26. The number of carbonyl (C=O) groups is 1. The van der Waals surface area contributed by atoms with Crippen LogP contribution < -0.4 is 4.72 Å². The number of nitrogens with one attached hydrogen (secondary N) is 1. The van der Waals surface area contributed by atoms with Gasteiger partial charge in [-0.2, -0.15) is 0 Å². The zero-order valence-electron chi connectivity index (χ0n) is 16.7. The van der Waals surface area contributed by atoms with E-state index in [9.17, 15) is 17.6 Å². The molecule has 0 fully saturated rings. The number of hydrogen-bond donors (Lipinski definition) is 2. The van der Waals surface area contributed by atoms with Crippen LogP contribution in [0.15, 0.2) is 41.3 Å². The van der Waals surface area contributed by atoms with Gasteiger partial charge in [0.15, 0.2) is 0 Å². The van der Waals surface area contributed by atoms with Crippen molar-refractivity contribution in [1.29, 1.82) is 0 Å². The van der Waals surface area contributed by atoms with Gasteiger partial charge in [0.05, 0.1) is 10.9 Å². The van der Waals surface area contributed by atoms with Gasteiger partial charge in [-0.3, -0.25) is 4.79 Å². The van der Waals surface area contributed by atoms with E-state index in [4.69, 9.17) is 5.11 Å². The summed E-state index contributed by atoms with van der Waals surface area (Å²) in [7, 11) is -3.78. The topological polar surface area (TPSA) is 83.5 Å². The van der Waals surface area contributed by atoms with Crippen molar-refractivity contribution in [2.45, 2.75) is 63.3 Å². The molecular weight excluding hydrogens is 413 g/mol. The fourth-order valence-corrected chi connectivity index (χ4v) is 5.45. The van der Waals surface area contributed by atoms with Crippen molar-refractivity contribution in [3.05, 3.63) is 52.0 Å². The molecule has 2 aromatic rings. The number of carboxylic acids is 1. The molecule has 2 N–H and O–H groups in total. The van der Waals surface area contributed by atoms with Crippen molar-refractivity contribution in [2.24, 2.45) is 5.92 Å². The second-order valence-corrected chi connectivity index (χ2v) is 10.4. The molecule has 1 aromatic heterocycles. The largest absolute Gasteiger partial charge is 0.481 e. The van der Waals surface area contributed by atoms with E-state index in [-0.39, 0.29) is 17.4 Å². The Morgan fingerprint density at radius 2 is 1.79 bits per heavy atom. The van der Waals surface area contributed by atoms with Crippen molar-refractivity contribution < 1.29 is 22.7 Å². The average Bonchev–Trinajstić information content (AvgIpc) is 3.09. The zero-order chi connectivity index (χ0) is 21.4. The highest BCUT2D eigenvalue weighted by Gasteiger charge is 2.23. The van der Waals surface area contributed by atoms with E-state index < -0.39 is 21.8 Å². The molecule has 0 aliphatic rings. The van der Waals surface area contributed by atoms with Crippen LogP contribution in [0, 0.1) is 11.7 Å². The molecule has 0 saturated heterocycles.